The lowest BCUT2D eigenvalue weighted by Gasteiger charge is -2.27. The summed E-state index contributed by atoms with van der Waals surface area (Å²) < 4.78 is 0. The van der Waals surface area contributed by atoms with Gasteiger partial charge in [0.05, 0.1) is 6.42 Å². The van der Waals surface area contributed by atoms with Gasteiger partial charge >= 0.3 is 5.97 Å². The summed E-state index contributed by atoms with van der Waals surface area (Å²) >= 11 is 0. The molecule has 1 amide bonds. The summed E-state index contributed by atoms with van der Waals surface area (Å²) in [4.78, 5) is 26.4. The van der Waals surface area contributed by atoms with Crippen LogP contribution in [-0.4, -0.2) is 35.0 Å². The van der Waals surface area contributed by atoms with Crippen molar-refractivity contribution in [3.8, 4) is 0 Å². The smallest absolute Gasteiger partial charge is 0.304 e. The highest BCUT2D eigenvalue weighted by molar-refractivity contribution is 5.83. The fourth-order valence-electron chi connectivity index (χ4n) is 4.08. The van der Waals surface area contributed by atoms with Crippen molar-refractivity contribution >= 4 is 11.9 Å². The highest BCUT2D eigenvalue weighted by atomic mass is 16.4. The molecule has 30 heavy (non-hydrogen) atoms. The van der Waals surface area contributed by atoms with Gasteiger partial charge in [-0.05, 0) is 19.3 Å². The Morgan fingerprint density at radius 2 is 1.03 bits per heavy atom. The largest absolute Gasteiger partial charge is 0.481 e. The van der Waals surface area contributed by atoms with Gasteiger partial charge in [-0.1, -0.05) is 111 Å². The number of rotatable bonds is 22. The van der Waals surface area contributed by atoms with Gasteiger partial charge in [-0.3, -0.25) is 9.59 Å². The summed E-state index contributed by atoms with van der Waals surface area (Å²) in [5.74, 6) is -1.12. The molecule has 0 saturated heterocycles. The predicted octanol–water partition coefficient (Wildman–Crippen LogP) is 7.60. The molecule has 0 aliphatic carbocycles. The fourth-order valence-corrected chi connectivity index (χ4v) is 4.08. The van der Waals surface area contributed by atoms with Gasteiger partial charge in [0.2, 0.25) is 5.91 Å². The van der Waals surface area contributed by atoms with E-state index in [1.807, 2.05) is 4.90 Å². The number of carbonyl (C=O) groups excluding carboxylic acids is 1. The minimum absolute atomic E-state index is 0.0255. The minimum atomic E-state index is -0.852. The number of carboxylic acid groups (broad SMARTS) is 1. The van der Waals surface area contributed by atoms with Crippen LogP contribution in [0.4, 0.5) is 0 Å². The number of hydrogen-bond acceptors (Lipinski definition) is 2. The zero-order valence-corrected chi connectivity index (χ0v) is 20.4. The molecule has 0 aromatic heterocycles. The molecule has 0 radical (unpaired) electrons. The van der Waals surface area contributed by atoms with E-state index in [1.165, 1.54) is 70.6 Å². The first-order valence-corrected chi connectivity index (χ1v) is 13.1. The van der Waals surface area contributed by atoms with Crippen molar-refractivity contribution in [2.45, 2.75) is 136 Å². The molecule has 0 spiro atoms. The second-order valence-corrected chi connectivity index (χ2v) is 9.00. The van der Waals surface area contributed by atoms with Gasteiger partial charge in [-0.25, -0.2) is 0 Å². The van der Waals surface area contributed by atoms with Gasteiger partial charge in [0.25, 0.3) is 0 Å². The van der Waals surface area contributed by atoms with Crippen LogP contribution in [0.15, 0.2) is 0 Å². The lowest BCUT2D eigenvalue weighted by molar-refractivity contribution is -0.145. The molecule has 0 bridgehead atoms. The third-order valence-electron chi connectivity index (χ3n) is 6.05. The second kappa shape index (κ2) is 21.2. The third-order valence-corrected chi connectivity index (χ3v) is 6.05. The van der Waals surface area contributed by atoms with Crippen molar-refractivity contribution in [1.82, 2.24) is 4.90 Å². The van der Waals surface area contributed by atoms with Gasteiger partial charge in [-0.15, -0.1) is 0 Å². The average Bonchev–Trinajstić information content (AvgIpc) is 2.73. The van der Waals surface area contributed by atoms with Gasteiger partial charge in [0, 0.05) is 19.0 Å². The molecule has 178 valence electrons. The van der Waals surface area contributed by atoms with Crippen molar-refractivity contribution in [3.63, 3.8) is 0 Å². The minimum Gasteiger partial charge on any atom is -0.481 e. The lowest BCUT2D eigenvalue weighted by Crippen LogP contribution is -2.38. The van der Waals surface area contributed by atoms with E-state index in [1.54, 1.807) is 0 Å². The molecule has 4 nitrogen and oxygen atoms in total. The quantitative estimate of drug-likeness (QED) is 0.182. The average molecular weight is 426 g/mol. The van der Waals surface area contributed by atoms with E-state index in [0.29, 0.717) is 6.42 Å². The van der Waals surface area contributed by atoms with Gasteiger partial charge in [0.15, 0.2) is 0 Å². The fraction of sp³-hybridized carbons (Fsp3) is 0.923. The molecule has 1 unspecified atom stereocenters. The Labute approximate surface area is 187 Å². The van der Waals surface area contributed by atoms with Gasteiger partial charge < -0.3 is 10.0 Å². The van der Waals surface area contributed by atoms with Gasteiger partial charge in [0.1, 0.15) is 0 Å². The Kier molecular flexibility index (Phi) is 20.4. The SMILES string of the molecule is CCCCCCCCCCCCN(CCCCCC)C(=O)C(CCCC)CC(=O)O. The first-order chi connectivity index (χ1) is 14.6. The molecule has 1 N–H and O–H groups in total. The van der Waals surface area contributed by atoms with E-state index in [4.69, 9.17) is 0 Å². The topological polar surface area (TPSA) is 57.6 Å². The van der Waals surface area contributed by atoms with E-state index in [0.717, 1.165) is 45.2 Å². The molecular weight excluding hydrogens is 374 g/mol. The van der Waals surface area contributed by atoms with Crippen molar-refractivity contribution < 1.29 is 14.7 Å². The molecule has 0 saturated carbocycles. The molecule has 0 heterocycles. The van der Waals surface area contributed by atoms with E-state index >= 15 is 0 Å². The Morgan fingerprint density at radius 1 is 0.633 bits per heavy atom. The van der Waals surface area contributed by atoms with Crippen LogP contribution < -0.4 is 0 Å². The van der Waals surface area contributed by atoms with Crippen molar-refractivity contribution in [1.29, 1.82) is 0 Å². The van der Waals surface area contributed by atoms with Crippen LogP contribution in [0.2, 0.25) is 0 Å². The molecule has 4 heteroatoms. The molecule has 0 aromatic carbocycles. The Hall–Kier alpha value is -1.06. The zero-order chi connectivity index (χ0) is 22.5. The number of nitrogens with zero attached hydrogens (tertiary/aromatic N) is 1. The highest BCUT2D eigenvalue weighted by Gasteiger charge is 2.25. The lowest BCUT2D eigenvalue weighted by atomic mass is 9.96. The standard InChI is InChI=1S/C26H51NO3/c1-4-7-10-12-13-14-15-16-17-19-22-27(21-18-11-8-5-2)26(30)24(20-9-6-3)23-25(28)29/h24H,4-23H2,1-3H3,(H,28,29). The second-order valence-electron chi connectivity index (χ2n) is 9.00. The summed E-state index contributed by atoms with van der Waals surface area (Å²) in [5, 5.41) is 9.25. The Morgan fingerprint density at radius 3 is 1.47 bits per heavy atom. The van der Waals surface area contributed by atoms with Crippen LogP contribution in [0.1, 0.15) is 136 Å². The molecule has 0 rings (SSSR count). The molecular formula is C26H51NO3. The number of amides is 1. The monoisotopic (exact) mass is 425 g/mol. The maximum absolute atomic E-state index is 13.1. The zero-order valence-electron chi connectivity index (χ0n) is 20.4. The van der Waals surface area contributed by atoms with Crippen molar-refractivity contribution in [2.24, 2.45) is 5.92 Å². The summed E-state index contributed by atoms with van der Waals surface area (Å²) in [6, 6.07) is 0. The summed E-state index contributed by atoms with van der Waals surface area (Å²) in [6.45, 7) is 8.13. The number of carbonyl (C=O) groups is 2. The van der Waals surface area contributed by atoms with Crippen LogP contribution in [-0.2, 0) is 9.59 Å². The van der Waals surface area contributed by atoms with Crippen LogP contribution in [0.25, 0.3) is 0 Å². The normalized spacial score (nSPS) is 12.1. The maximum atomic E-state index is 13.1. The van der Waals surface area contributed by atoms with E-state index in [-0.39, 0.29) is 18.2 Å². The number of aliphatic carboxylic acids is 1. The van der Waals surface area contributed by atoms with E-state index in [9.17, 15) is 14.7 Å². The molecule has 0 aliphatic heterocycles. The number of hydrogen-bond donors (Lipinski definition) is 1. The Balaban J connectivity index is 4.39. The van der Waals surface area contributed by atoms with Crippen LogP contribution in [0, 0.1) is 5.92 Å². The third kappa shape index (κ3) is 16.7. The van der Waals surface area contributed by atoms with Gasteiger partial charge in [-0.2, -0.15) is 0 Å². The van der Waals surface area contributed by atoms with Crippen LogP contribution in [0.5, 0.6) is 0 Å². The summed E-state index contributed by atoms with van der Waals surface area (Å²) in [6.07, 6.45) is 20.0. The van der Waals surface area contributed by atoms with Crippen LogP contribution >= 0.6 is 0 Å². The van der Waals surface area contributed by atoms with Crippen LogP contribution in [0.3, 0.4) is 0 Å². The molecule has 1 atom stereocenters. The number of unbranched alkanes of at least 4 members (excludes halogenated alkanes) is 13. The first kappa shape index (κ1) is 28.9. The Bertz CT molecular complexity index is 411. The summed E-state index contributed by atoms with van der Waals surface area (Å²) in [5.41, 5.74) is 0. The predicted molar refractivity (Wildman–Crippen MR) is 128 cm³/mol. The number of carboxylic acids is 1. The molecule has 0 aliphatic rings. The first-order valence-electron chi connectivity index (χ1n) is 13.1. The van der Waals surface area contributed by atoms with Crippen molar-refractivity contribution in [3.05, 3.63) is 0 Å². The van der Waals surface area contributed by atoms with E-state index < -0.39 is 5.97 Å². The highest BCUT2D eigenvalue weighted by Crippen LogP contribution is 2.18. The molecule has 0 fully saturated rings. The van der Waals surface area contributed by atoms with E-state index in [2.05, 4.69) is 20.8 Å². The molecule has 0 aromatic rings. The van der Waals surface area contributed by atoms with Crippen molar-refractivity contribution in [2.75, 3.05) is 13.1 Å². The maximum Gasteiger partial charge on any atom is 0.304 e. The summed E-state index contributed by atoms with van der Waals surface area (Å²) in [7, 11) is 0.